The van der Waals surface area contributed by atoms with Gasteiger partial charge in [-0.05, 0) is 84.3 Å². The molecular formula is C33H32ClN3O3. The molecule has 3 N–H and O–H groups in total. The lowest BCUT2D eigenvalue weighted by molar-refractivity contribution is 0.0955. The summed E-state index contributed by atoms with van der Waals surface area (Å²) in [5.41, 5.74) is 9.45. The molecule has 0 spiro atoms. The molecule has 0 radical (unpaired) electrons. The van der Waals surface area contributed by atoms with Gasteiger partial charge in [0.25, 0.3) is 5.91 Å². The molecule has 40 heavy (non-hydrogen) atoms. The van der Waals surface area contributed by atoms with Gasteiger partial charge in [0.05, 0.1) is 11.2 Å². The smallest absolute Gasteiger partial charge is 0.271 e. The van der Waals surface area contributed by atoms with Gasteiger partial charge >= 0.3 is 0 Å². The van der Waals surface area contributed by atoms with Crippen molar-refractivity contribution in [2.45, 2.75) is 32.2 Å². The van der Waals surface area contributed by atoms with Crippen molar-refractivity contribution in [1.29, 1.82) is 0 Å². The Morgan fingerprint density at radius 3 is 2.70 bits per heavy atom. The van der Waals surface area contributed by atoms with Crippen LogP contribution in [0.3, 0.4) is 0 Å². The number of aryl methyl sites for hydroxylation is 2. The van der Waals surface area contributed by atoms with Crippen molar-refractivity contribution in [1.82, 2.24) is 10.7 Å². The van der Waals surface area contributed by atoms with Gasteiger partial charge in [-0.2, -0.15) is 5.10 Å². The minimum atomic E-state index is -0.425. The molecule has 7 heteroatoms. The lowest BCUT2D eigenvalue weighted by Crippen LogP contribution is -2.29. The second-order valence-corrected chi connectivity index (χ2v) is 10.3. The Bertz CT molecular complexity index is 1520. The minimum Gasteiger partial charge on any atom is -0.506 e. The van der Waals surface area contributed by atoms with Gasteiger partial charge < -0.3 is 15.2 Å². The van der Waals surface area contributed by atoms with Crippen LogP contribution in [0.15, 0.2) is 90.0 Å². The number of carbonyl (C=O) groups excluding carboxylic acids is 1. The largest absolute Gasteiger partial charge is 0.506 e. The zero-order chi connectivity index (χ0) is 27.9. The normalized spacial score (nSPS) is 14.6. The number of amides is 1. The van der Waals surface area contributed by atoms with Crippen LogP contribution in [0.1, 0.15) is 51.5 Å². The fraction of sp³-hybridized carbons (Fsp3) is 0.212. The number of nitrogens with zero attached hydrogens (tertiary/aromatic N) is 1. The summed E-state index contributed by atoms with van der Waals surface area (Å²) in [4.78, 5) is 12.4. The Labute approximate surface area is 239 Å². The number of carbonyl (C=O) groups is 1. The Balaban J connectivity index is 1.28. The van der Waals surface area contributed by atoms with Crippen molar-refractivity contribution in [3.05, 3.63) is 118 Å². The second kappa shape index (κ2) is 12.8. The van der Waals surface area contributed by atoms with E-state index >= 15 is 0 Å². The Morgan fingerprint density at radius 1 is 1.07 bits per heavy atom. The van der Waals surface area contributed by atoms with Crippen molar-refractivity contribution >= 4 is 23.7 Å². The predicted molar refractivity (Wildman–Crippen MR) is 160 cm³/mol. The maximum absolute atomic E-state index is 12.4. The third kappa shape index (κ3) is 6.53. The van der Waals surface area contributed by atoms with Crippen molar-refractivity contribution < 1.29 is 14.6 Å². The zero-order valence-corrected chi connectivity index (χ0v) is 23.1. The molecule has 1 aliphatic carbocycles. The Kier molecular flexibility index (Phi) is 8.79. The van der Waals surface area contributed by atoms with Gasteiger partial charge in [0.15, 0.2) is 0 Å². The molecule has 0 aliphatic heterocycles. The number of aromatic hydroxyl groups is 1. The summed E-state index contributed by atoms with van der Waals surface area (Å²) < 4.78 is 6.37. The van der Waals surface area contributed by atoms with Crippen LogP contribution in [0.2, 0.25) is 5.02 Å². The number of phenolic OH excluding ortho intramolecular Hbond substituents is 1. The van der Waals surface area contributed by atoms with E-state index in [-0.39, 0.29) is 10.8 Å². The van der Waals surface area contributed by atoms with Gasteiger partial charge in [0.1, 0.15) is 18.1 Å². The Hall–Kier alpha value is -4.13. The third-order valence-electron chi connectivity index (χ3n) is 7.08. The minimum absolute atomic E-state index is 0.0805. The highest BCUT2D eigenvalue weighted by Crippen LogP contribution is 2.34. The average Bonchev–Trinajstić information content (AvgIpc) is 2.97. The molecule has 0 saturated carbocycles. The first-order valence-corrected chi connectivity index (χ1v) is 13.8. The van der Waals surface area contributed by atoms with Gasteiger partial charge in [0.2, 0.25) is 0 Å². The molecule has 4 aromatic rings. The van der Waals surface area contributed by atoms with Crippen LogP contribution < -0.4 is 15.5 Å². The number of hydrogen-bond donors (Lipinski definition) is 3. The molecule has 4 aromatic carbocycles. The molecule has 1 amide bonds. The standard InChI is InChI=1S/C33H32ClN3O3/c1-22-18-23(21-36-37-33(39)26-14-15-31(38)29(34)20-26)19-28(25-8-3-2-4-9-25)32(22)40-17-16-35-30-13-7-11-24-10-5-6-12-27(24)30/h2-6,8-10,12,14-15,18-21,30,35,38H,7,11,13,16-17H2,1H3,(H,37,39)/b36-21+. The molecule has 0 fully saturated rings. The van der Waals surface area contributed by atoms with Crippen molar-refractivity contribution in [2.24, 2.45) is 5.10 Å². The number of halogens is 1. The maximum atomic E-state index is 12.4. The van der Waals surface area contributed by atoms with Crippen LogP contribution in [-0.4, -0.2) is 30.4 Å². The summed E-state index contributed by atoms with van der Waals surface area (Å²) in [6.45, 7) is 3.29. The fourth-order valence-electron chi connectivity index (χ4n) is 5.13. The summed E-state index contributed by atoms with van der Waals surface area (Å²) in [5, 5.41) is 17.5. The second-order valence-electron chi connectivity index (χ2n) is 9.89. The van der Waals surface area contributed by atoms with Crippen LogP contribution in [0, 0.1) is 6.92 Å². The topological polar surface area (TPSA) is 83.0 Å². The highest BCUT2D eigenvalue weighted by atomic mass is 35.5. The van der Waals surface area contributed by atoms with E-state index in [0.717, 1.165) is 47.4 Å². The van der Waals surface area contributed by atoms with Gasteiger partial charge in [-0.25, -0.2) is 5.43 Å². The summed E-state index contributed by atoms with van der Waals surface area (Å²) >= 11 is 5.92. The molecular weight excluding hydrogens is 522 g/mol. The van der Waals surface area contributed by atoms with Crippen LogP contribution in [0.4, 0.5) is 0 Å². The van der Waals surface area contributed by atoms with Crippen LogP contribution in [-0.2, 0) is 6.42 Å². The SMILES string of the molecule is Cc1cc(/C=N/NC(=O)c2ccc(O)c(Cl)c2)cc(-c2ccccc2)c1OCCNC1CCCc2ccccc21. The first-order valence-electron chi connectivity index (χ1n) is 13.5. The first-order chi connectivity index (χ1) is 19.5. The van der Waals surface area contributed by atoms with E-state index in [0.29, 0.717) is 18.2 Å². The van der Waals surface area contributed by atoms with Crippen LogP contribution in [0.25, 0.3) is 11.1 Å². The van der Waals surface area contributed by atoms with Gasteiger partial charge in [-0.1, -0.05) is 66.2 Å². The van der Waals surface area contributed by atoms with E-state index in [2.05, 4.69) is 52.2 Å². The number of ether oxygens (including phenoxy) is 1. The van der Waals surface area contributed by atoms with Crippen molar-refractivity contribution in [3.63, 3.8) is 0 Å². The van der Waals surface area contributed by atoms with Crippen molar-refractivity contribution in [2.75, 3.05) is 13.2 Å². The average molecular weight is 554 g/mol. The summed E-state index contributed by atoms with van der Waals surface area (Å²) in [5.74, 6) is 0.325. The zero-order valence-electron chi connectivity index (χ0n) is 22.4. The van der Waals surface area contributed by atoms with Gasteiger partial charge in [-0.15, -0.1) is 0 Å². The molecule has 0 aromatic heterocycles. The van der Waals surface area contributed by atoms with Gasteiger partial charge in [-0.3, -0.25) is 4.79 Å². The maximum Gasteiger partial charge on any atom is 0.271 e. The highest BCUT2D eigenvalue weighted by Gasteiger charge is 2.19. The van der Waals surface area contributed by atoms with E-state index in [9.17, 15) is 9.90 Å². The number of hydrogen-bond acceptors (Lipinski definition) is 5. The molecule has 5 rings (SSSR count). The van der Waals surface area contributed by atoms with E-state index < -0.39 is 5.91 Å². The van der Waals surface area contributed by atoms with E-state index in [4.69, 9.17) is 16.3 Å². The summed E-state index contributed by atoms with van der Waals surface area (Å²) in [6, 6.07) is 27.4. The monoisotopic (exact) mass is 553 g/mol. The summed E-state index contributed by atoms with van der Waals surface area (Å²) in [6.07, 6.45) is 5.08. The number of fused-ring (bicyclic) bond motifs is 1. The Morgan fingerprint density at radius 2 is 1.88 bits per heavy atom. The number of benzene rings is 4. The quantitative estimate of drug-likeness (QED) is 0.120. The molecule has 0 bridgehead atoms. The number of rotatable bonds is 9. The molecule has 1 atom stereocenters. The van der Waals surface area contributed by atoms with Gasteiger partial charge in [0, 0.05) is 23.7 Å². The van der Waals surface area contributed by atoms with E-state index in [1.54, 1.807) is 6.21 Å². The molecule has 0 heterocycles. The molecule has 0 saturated heterocycles. The molecule has 6 nitrogen and oxygen atoms in total. The fourth-order valence-corrected chi connectivity index (χ4v) is 5.31. The summed E-state index contributed by atoms with van der Waals surface area (Å²) in [7, 11) is 0. The highest BCUT2D eigenvalue weighted by molar-refractivity contribution is 6.32. The third-order valence-corrected chi connectivity index (χ3v) is 7.38. The lowest BCUT2D eigenvalue weighted by atomic mass is 9.88. The molecule has 1 aliphatic rings. The number of nitrogens with one attached hydrogen (secondary N) is 2. The molecule has 204 valence electrons. The number of phenols is 1. The van der Waals surface area contributed by atoms with E-state index in [1.807, 2.05) is 37.3 Å². The predicted octanol–water partition coefficient (Wildman–Crippen LogP) is 6.83. The van der Waals surface area contributed by atoms with Crippen LogP contribution >= 0.6 is 11.6 Å². The van der Waals surface area contributed by atoms with E-state index in [1.165, 1.54) is 35.7 Å². The molecule has 1 unspecified atom stereocenters. The number of hydrazone groups is 1. The first kappa shape index (κ1) is 27.4. The van der Waals surface area contributed by atoms with Crippen molar-refractivity contribution in [3.8, 4) is 22.6 Å². The van der Waals surface area contributed by atoms with Crippen LogP contribution in [0.5, 0.6) is 11.5 Å². The lowest BCUT2D eigenvalue weighted by Gasteiger charge is -2.26.